The number of carbonyl (C=O) groups excluding carboxylic acids is 2. The second-order valence-electron chi connectivity index (χ2n) is 5.66. The lowest BCUT2D eigenvalue weighted by Crippen LogP contribution is -2.26. The van der Waals surface area contributed by atoms with Crippen LogP contribution in [0.15, 0.2) is 54.6 Å². The van der Waals surface area contributed by atoms with E-state index in [9.17, 15) is 9.59 Å². The van der Waals surface area contributed by atoms with E-state index in [0.717, 1.165) is 21.9 Å². The van der Waals surface area contributed by atoms with Gasteiger partial charge in [-0.2, -0.15) is 0 Å². The maximum atomic E-state index is 12.7. The summed E-state index contributed by atoms with van der Waals surface area (Å²) >= 11 is 0. The molecular weight excluding hydrogens is 292 g/mol. The zero-order chi connectivity index (χ0) is 15.6. The third kappa shape index (κ3) is 1.55. The molecule has 0 aliphatic carbocycles. The van der Waals surface area contributed by atoms with Gasteiger partial charge in [0.1, 0.15) is 17.4 Å². The molecule has 0 saturated carbocycles. The lowest BCUT2D eigenvalue weighted by molar-refractivity contribution is -0.138. The maximum Gasteiger partial charge on any atom is 0.346 e. The molecule has 0 N–H and O–H groups in total. The number of fused-ring (bicyclic) bond motifs is 2. The van der Waals surface area contributed by atoms with Gasteiger partial charge in [0.15, 0.2) is 0 Å². The number of hydrogen-bond acceptors (Lipinski definition) is 4. The van der Waals surface area contributed by atoms with Gasteiger partial charge >= 0.3 is 11.9 Å². The summed E-state index contributed by atoms with van der Waals surface area (Å²) in [6, 6.07) is 16.4. The van der Waals surface area contributed by atoms with Crippen molar-refractivity contribution in [1.82, 2.24) is 0 Å². The van der Waals surface area contributed by atoms with Gasteiger partial charge in [-0.1, -0.05) is 30.3 Å². The molecule has 0 radical (unpaired) electrons. The summed E-state index contributed by atoms with van der Waals surface area (Å²) < 4.78 is 11.1. The Morgan fingerprint density at radius 1 is 0.739 bits per heavy atom. The van der Waals surface area contributed by atoms with Crippen molar-refractivity contribution < 1.29 is 19.1 Å². The number of benzene rings is 3. The van der Waals surface area contributed by atoms with E-state index >= 15 is 0 Å². The fraction of sp³-hybridized carbons (Fsp3) is 0.0526. The predicted octanol–water partition coefficient (Wildman–Crippen LogP) is 3.77. The first-order chi connectivity index (χ1) is 11.2. The Morgan fingerprint density at radius 3 is 2.52 bits per heavy atom. The minimum absolute atomic E-state index is 0.399. The Bertz CT molecular complexity index is 1020. The average Bonchev–Trinajstić information content (AvgIpc) is 2.58. The summed E-state index contributed by atoms with van der Waals surface area (Å²) in [5.74, 6) is -0.581. The van der Waals surface area contributed by atoms with Gasteiger partial charge in [-0.3, -0.25) is 4.79 Å². The second kappa shape index (κ2) is 4.20. The van der Waals surface area contributed by atoms with Crippen LogP contribution in [0, 0.1) is 0 Å². The molecule has 3 aromatic carbocycles. The summed E-state index contributed by atoms with van der Waals surface area (Å²) in [6.45, 7) is 0. The molecule has 0 aromatic heterocycles. The number of para-hydroxylation sites is 1. The van der Waals surface area contributed by atoms with Crippen molar-refractivity contribution in [2.45, 2.75) is 5.92 Å². The molecule has 0 spiro atoms. The van der Waals surface area contributed by atoms with E-state index in [1.807, 2.05) is 42.5 Å². The number of esters is 2. The number of hydrogen-bond donors (Lipinski definition) is 0. The molecule has 110 valence electrons. The van der Waals surface area contributed by atoms with Crippen LogP contribution in [0.25, 0.3) is 10.8 Å². The average molecular weight is 302 g/mol. The van der Waals surface area contributed by atoms with E-state index in [4.69, 9.17) is 9.47 Å². The van der Waals surface area contributed by atoms with E-state index in [-0.39, 0.29) is 0 Å². The monoisotopic (exact) mass is 302 g/mol. The maximum absolute atomic E-state index is 12.7. The quantitative estimate of drug-likeness (QED) is 0.468. The van der Waals surface area contributed by atoms with Crippen LogP contribution in [-0.4, -0.2) is 11.9 Å². The number of cyclic esters (lactones) is 2. The molecule has 4 nitrogen and oxygen atoms in total. The highest BCUT2D eigenvalue weighted by atomic mass is 16.6. The zero-order valence-electron chi connectivity index (χ0n) is 11.9. The first-order valence-electron chi connectivity index (χ1n) is 7.32. The van der Waals surface area contributed by atoms with Crippen LogP contribution in [-0.2, 0) is 9.53 Å². The summed E-state index contributed by atoms with van der Waals surface area (Å²) in [5, 5.41) is 1.63. The van der Waals surface area contributed by atoms with Crippen molar-refractivity contribution in [2.24, 2.45) is 0 Å². The minimum atomic E-state index is -0.654. The van der Waals surface area contributed by atoms with E-state index in [2.05, 4.69) is 0 Å². The molecule has 23 heavy (non-hydrogen) atoms. The predicted molar refractivity (Wildman–Crippen MR) is 82.7 cm³/mol. The van der Waals surface area contributed by atoms with Crippen LogP contribution in [0.4, 0.5) is 0 Å². The van der Waals surface area contributed by atoms with Gasteiger partial charge in [0.05, 0.1) is 5.56 Å². The van der Waals surface area contributed by atoms with Crippen LogP contribution in [0.1, 0.15) is 27.4 Å². The second-order valence-corrected chi connectivity index (χ2v) is 5.66. The number of rotatable bonds is 0. The van der Waals surface area contributed by atoms with Gasteiger partial charge in [-0.15, -0.1) is 0 Å². The number of ether oxygens (including phenoxy) is 2. The van der Waals surface area contributed by atoms with Gasteiger partial charge in [0, 0.05) is 11.1 Å². The van der Waals surface area contributed by atoms with E-state index < -0.39 is 17.9 Å². The van der Waals surface area contributed by atoms with Gasteiger partial charge in [-0.05, 0) is 35.0 Å². The molecular formula is C19H10O4. The lowest BCUT2D eigenvalue weighted by atomic mass is 9.83. The van der Waals surface area contributed by atoms with Crippen molar-refractivity contribution in [3.8, 4) is 11.5 Å². The first kappa shape index (κ1) is 12.4. The highest BCUT2D eigenvalue weighted by Gasteiger charge is 2.38. The molecule has 2 aliphatic rings. The van der Waals surface area contributed by atoms with Crippen LogP contribution < -0.4 is 4.74 Å². The lowest BCUT2D eigenvalue weighted by Gasteiger charge is -2.29. The van der Waals surface area contributed by atoms with Crippen molar-refractivity contribution in [3.63, 3.8) is 0 Å². The molecule has 1 atom stereocenters. The summed E-state index contributed by atoms with van der Waals surface area (Å²) in [7, 11) is 0. The van der Waals surface area contributed by atoms with Crippen molar-refractivity contribution in [1.29, 1.82) is 0 Å². The SMILES string of the molecule is O=C1OC(=O)C2c3ccccc3Oc3ccc4c1cccc4c32. The molecule has 2 heterocycles. The summed E-state index contributed by atoms with van der Waals surface area (Å²) in [4.78, 5) is 25.0. The van der Waals surface area contributed by atoms with Gasteiger partial charge in [0.2, 0.25) is 0 Å². The normalized spacial score (nSPS) is 18.0. The van der Waals surface area contributed by atoms with Gasteiger partial charge < -0.3 is 9.47 Å². The molecule has 4 heteroatoms. The highest BCUT2D eigenvalue weighted by Crippen LogP contribution is 2.48. The summed E-state index contributed by atoms with van der Waals surface area (Å²) in [6.07, 6.45) is 0. The Labute approximate surface area is 131 Å². The molecule has 0 fully saturated rings. The Kier molecular flexibility index (Phi) is 2.26. The van der Waals surface area contributed by atoms with Crippen LogP contribution in [0.5, 0.6) is 11.5 Å². The van der Waals surface area contributed by atoms with E-state index in [1.54, 1.807) is 12.1 Å². The number of carbonyl (C=O) groups is 2. The van der Waals surface area contributed by atoms with Gasteiger partial charge in [0.25, 0.3) is 0 Å². The smallest absolute Gasteiger partial charge is 0.346 e. The fourth-order valence-electron chi connectivity index (χ4n) is 3.46. The van der Waals surface area contributed by atoms with Crippen LogP contribution in [0.3, 0.4) is 0 Å². The third-order valence-electron chi connectivity index (χ3n) is 4.45. The van der Waals surface area contributed by atoms with E-state index in [1.165, 1.54) is 0 Å². The molecule has 3 aromatic rings. The minimum Gasteiger partial charge on any atom is -0.457 e. The molecule has 1 unspecified atom stereocenters. The Morgan fingerprint density at radius 2 is 1.61 bits per heavy atom. The molecule has 5 rings (SSSR count). The Hall–Kier alpha value is -3.14. The Balaban J connectivity index is 1.96. The van der Waals surface area contributed by atoms with Crippen LogP contribution >= 0.6 is 0 Å². The molecule has 0 saturated heterocycles. The summed E-state index contributed by atoms with van der Waals surface area (Å²) in [5.41, 5.74) is 1.88. The third-order valence-corrected chi connectivity index (χ3v) is 4.45. The van der Waals surface area contributed by atoms with Crippen molar-refractivity contribution in [2.75, 3.05) is 0 Å². The largest absolute Gasteiger partial charge is 0.457 e. The van der Waals surface area contributed by atoms with E-state index in [0.29, 0.717) is 17.1 Å². The topological polar surface area (TPSA) is 52.6 Å². The fourth-order valence-corrected chi connectivity index (χ4v) is 3.46. The standard InChI is InChI=1S/C19H10O4/c20-18-12-6-3-5-11-10(12)8-9-15-16(11)17(19(21)23-18)13-4-1-2-7-14(13)22-15/h1-9,17H. The highest BCUT2D eigenvalue weighted by molar-refractivity contribution is 6.12. The van der Waals surface area contributed by atoms with Crippen molar-refractivity contribution in [3.05, 3.63) is 71.3 Å². The van der Waals surface area contributed by atoms with Crippen molar-refractivity contribution >= 4 is 22.7 Å². The molecule has 2 aliphatic heterocycles. The zero-order valence-corrected chi connectivity index (χ0v) is 11.9. The molecule has 0 amide bonds. The first-order valence-corrected chi connectivity index (χ1v) is 7.32. The van der Waals surface area contributed by atoms with Gasteiger partial charge in [-0.25, -0.2) is 4.79 Å². The van der Waals surface area contributed by atoms with Crippen LogP contribution in [0.2, 0.25) is 0 Å². The molecule has 4 bridgehead atoms.